The molecule has 0 unspecified atom stereocenters. The van der Waals surface area contributed by atoms with E-state index in [9.17, 15) is 4.79 Å². The molecule has 29 heavy (non-hydrogen) atoms. The zero-order valence-corrected chi connectivity index (χ0v) is 16.5. The Labute approximate surface area is 170 Å². The monoisotopic (exact) mass is 394 g/mol. The standard InChI is InChI=1S/C22H26N4O3/c27-22(17-3-1-9-25(15-17)21-14-23-7-8-24-21)26-10-2-4-18(26)16-5-6-19-20(13-16)29-12-11-28-19/h5-8,13-14,17-18H,1-4,9-12,15H2/t17-,18-/m1/s1. The Hall–Kier alpha value is -2.83. The van der Waals surface area contributed by atoms with Gasteiger partial charge in [-0.05, 0) is 43.4 Å². The van der Waals surface area contributed by atoms with Crippen molar-refractivity contribution < 1.29 is 14.3 Å². The largest absolute Gasteiger partial charge is 0.486 e. The molecule has 2 aromatic rings. The third-order valence-electron chi connectivity index (χ3n) is 6.13. The van der Waals surface area contributed by atoms with E-state index in [2.05, 4.69) is 31.9 Å². The Morgan fingerprint density at radius 3 is 2.76 bits per heavy atom. The molecule has 0 radical (unpaired) electrons. The van der Waals surface area contributed by atoms with Gasteiger partial charge in [0.1, 0.15) is 19.0 Å². The molecule has 4 heterocycles. The number of nitrogens with zero attached hydrogens (tertiary/aromatic N) is 4. The fourth-order valence-electron chi connectivity index (χ4n) is 4.72. The number of amides is 1. The summed E-state index contributed by atoms with van der Waals surface area (Å²) in [5, 5.41) is 0. The van der Waals surface area contributed by atoms with E-state index in [1.165, 1.54) is 0 Å². The van der Waals surface area contributed by atoms with Gasteiger partial charge in [-0.2, -0.15) is 0 Å². The van der Waals surface area contributed by atoms with E-state index < -0.39 is 0 Å². The van der Waals surface area contributed by atoms with E-state index in [-0.39, 0.29) is 17.9 Å². The number of anilines is 1. The van der Waals surface area contributed by atoms with Crippen molar-refractivity contribution in [1.82, 2.24) is 14.9 Å². The van der Waals surface area contributed by atoms with E-state index in [0.717, 1.165) is 61.7 Å². The first-order valence-corrected chi connectivity index (χ1v) is 10.5. The predicted octanol–water partition coefficient (Wildman–Crippen LogP) is 2.83. The summed E-state index contributed by atoms with van der Waals surface area (Å²) < 4.78 is 11.4. The average molecular weight is 394 g/mol. The number of piperidine rings is 1. The van der Waals surface area contributed by atoms with Crippen LogP contribution in [0.25, 0.3) is 0 Å². The molecule has 3 aliphatic rings. The van der Waals surface area contributed by atoms with E-state index in [0.29, 0.717) is 19.8 Å². The molecular weight excluding hydrogens is 368 g/mol. The SMILES string of the molecule is O=C([C@@H]1CCCN(c2cnccn2)C1)N1CCC[C@@H]1c1ccc2c(c1)OCCO2. The Balaban J connectivity index is 1.32. The van der Waals surface area contributed by atoms with Crippen molar-refractivity contribution in [3.63, 3.8) is 0 Å². The van der Waals surface area contributed by atoms with Crippen LogP contribution in [0.3, 0.4) is 0 Å². The molecule has 0 N–H and O–H groups in total. The second-order valence-corrected chi connectivity index (χ2v) is 7.94. The summed E-state index contributed by atoms with van der Waals surface area (Å²) in [7, 11) is 0. The van der Waals surface area contributed by atoms with Gasteiger partial charge in [-0.3, -0.25) is 9.78 Å². The van der Waals surface area contributed by atoms with Crippen molar-refractivity contribution >= 4 is 11.7 Å². The first-order valence-electron chi connectivity index (χ1n) is 10.5. The van der Waals surface area contributed by atoms with E-state index >= 15 is 0 Å². The lowest BCUT2D eigenvalue weighted by Gasteiger charge is -2.36. The van der Waals surface area contributed by atoms with Crippen LogP contribution in [0.5, 0.6) is 11.5 Å². The molecule has 152 valence electrons. The van der Waals surface area contributed by atoms with Gasteiger partial charge in [0, 0.05) is 32.0 Å². The minimum absolute atomic E-state index is 0.00330. The van der Waals surface area contributed by atoms with Crippen molar-refractivity contribution in [2.24, 2.45) is 5.92 Å². The zero-order valence-electron chi connectivity index (χ0n) is 16.5. The number of carbonyl (C=O) groups excluding carboxylic acids is 1. The molecule has 1 amide bonds. The number of carbonyl (C=O) groups is 1. The Kier molecular flexibility index (Phi) is 4.96. The highest BCUT2D eigenvalue weighted by molar-refractivity contribution is 5.80. The van der Waals surface area contributed by atoms with Gasteiger partial charge < -0.3 is 19.3 Å². The topological polar surface area (TPSA) is 67.8 Å². The van der Waals surface area contributed by atoms with Gasteiger partial charge in [-0.1, -0.05) is 6.07 Å². The first-order chi connectivity index (χ1) is 14.3. The molecule has 7 nitrogen and oxygen atoms in total. The zero-order chi connectivity index (χ0) is 19.6. The van der Waals surface area contributed by atoms with Gasteiger partial charge in [-0.15, -0.1) is 0 Å². The second kappa shape index (κ2) is 7.89. The molecule has 1 aromatic heterocycles. The van der Waals surface area contributed by atoms with Crippen molar-refractivity contribution in [1.29, 1.82) is 0 Å². The van der Waals surface area contributed by atoms with Crippen molar-refractivity contribution in [2.45, 2.75) is 31.7 Å². The molecular formula is C22H26N4O3. The molecule has 2 saturated heterocycles. The summed E-state index contributed by atoms with van der Waals surface area (Å²) in [4.78, 5) is 26.3. The fourth-order valence-corrected chi connectivity index (χ4v) is 4.72. The number of benzene rings is 1. The molecule has 7 heteroatoms. The number of aromatic nitrogens is 2. The highest BCUT2D eigenvalue weighted by Crippen LogP contribution is 2.39. The molecule has 2 atom stereocenters. The summed E-state index contributed by atoms with van der Waals surface area (Å²) in [6, 6.07) is 6.22. The van der Waals surface area contributed by atoms with Crippen molar-refractivity contribution in [3.8, 4) is 11.5 Å². The molecule has 0 aliphatic carbocycles. The summed E-state index contributed by atoms with van der Waals surface area (Å²) in [5.41, 5.74) is 1.14. The predicted molar refractivity (Wildman–Crippen MR) is 108 cm³/mol. The van der Waals surface area contributed by atoms with Gasteiger partial charge >= 0.3 is 0 Å². The summed E-state index contributed by atoms with van der Waals surface area (Å²) >= 11 is 0. The van der Waals surface area contributed by atoms with Crippen LogP contribution < -0.4 is 14.4 Å². The van der Waals surface area contributed by atoms with Crippen molar-refractivity contribution in [2.75, 3.05) is 37.7 Å². The second-order valence-electron chi connectivity index (χ2n) is 7.94. The number of fused-ring (bicyclic) bond motifs is 1. The molecule has 0 saturated carbocycles. The van der Waals surface area contributed by atoms with Crippen LogP contribution in [0.4, 0.5) is 5.82 Å². The van der Waals surface area contributed by atoms with E-state index in [1.54, 1.807) is 18.6 Å². The lowest BCUT2D eigenvalue weighted by Crippen LogP contribution is -2.45. The smallest absolute Gasteiger partial charge is 0.227 e. The first kappa shape index (κ1) is 18.2. The summed E-state index contributed by atoms with van der Waals surface area (Å²) in [6.45, 7) is 3.62. The van der Waals surface area contributed by atoms with Crippen LogP contribution >= 0.6 is 0 Å². The fraction of sp³-hybridized carbons (Fsp3) is 0.500. The highest BCUT2D eigenvalue weighted by atomic mass is 16.6. The molecule has 1 aromatic carbocycles. The van der Waals surface area contributed by atoms with Crippen LogP contribution in [0.1, 0.15) is 37.3 Å². The van der Waals surface area contributed by atoms with Gasteiger partial charge in [0.15, 0.2) is 11.5 Å². The van der Waals surface area contributed by atoms with Crippen molar-refractivity contribution in [3.05, 3.63) is 42.4 Å². The normalized spacial score (nSPS) is 23.9. The van der Waals surface area contributed by atoms with Crippen LogP contribution in [0, 0.1) is 5.92 Å². The number of hydrogen-bond donors (Lipinski definition) is 0. The molecule has 3 aliphatic heterocycles. The third-order valence-corrected chi connectivity index (χ3v) is 6.13. The molecule has 5 rings (SSSR count). The maximum Gasteiger partial charge on any atom is 0.227 e. The number of likely N-dealkylation sites (tertiary alicyclic amines) is 1. The summed E-state index contributed by atoms with van der Waals surface area (Å²) in [5.74, 6) is 2.71. The van der Waals surface area contributed by atoms with Crippen LogP contribution in [0.2, 0.25) is 0 Å². The Morgan fingerprint density at radius 1 is 1.03 bits per heavy atom. The minimum Gasteiger partial charge on any atom is -0.486 e. The van der Waals surface area contributed by atoms with Gasteiger partial charge in [0.05, 0.1) is 18.2 Å². The van der Waals surface area contributed by atoms with E-state index in [4.69, 9.17) is 9.47 Å². The lowest BCUT2D eigenvalue weighted by molar-refractivity contribution is -0.136. The van der Waals surface area contributed by atoms with E-state index in [1.807, 2.05) is 6.07 Å². The third kappa shape index (κ3) is 3.61. The lowest BCUT2D eigenvalue weighted by atomic mass is 9.95. The molecule has 0 spiro atoms. The maximum absolute atomic E-state index is 13.5. The van der Waals surface area contributed by atoms with Gasteiger partial charge in [-0.25, -0.2) is 4.98 Å². The Morgan fingerprint density at radius 2 is 1.90 bits per heavy atom. The Bertz CT molecular complexity index is 876. The quantitative estimate of drug-likeness (QED) is 0.798. The molecule has 2 fully saturated rings. The van der Waals surface area contributed by atoms with Gasteiger partial charge in [0.25, 0.3) is 0 Å². The number of rotatable bonds is 3. The number of hydrogen-bond acceptors (Lipinski definition) is 6. The van der Waals surface area contributed by atoms with Gasteiger partial charge in [0.2, 0.25) is 5.91 Å². The highest BCUT2D eigenvalue weighted by Gasteiger charge is 2.36. The van der Waals surface area contributed by atoms with Crippen LogP contribution in [0.15, 0.2) is 36.8 Å². The average Bonchev–Trinajstić information content (AvgIpc) is 3.29. The molecule has 0 bridgehead atoms. The maximum atomic E-state index is 13.5. The minimum atomic E-state index is 0.00330. The van der Waals surface area contributed by atoms with Crippen LogP contribution in [-0.2, 0) is 4.79 Å². The van der Waals surface area contributed by atoms with Crippen LogP contribution in [-0.4, -0.2) is 53.6 Å². The number of ether oxygens (including phenoxy) is 2. The summed E-state index contributed by atoms with van der Waals surface area (Å²) in [6.07, 6.45) is 9.12.